The monoisotopic (exact) mass is 271 g/mol. The third-order valence-corrected chi connectivity index (χ3v) is 3.40. The summed E-state index contributed by atoms with van der Waals surface area (Å²) < 4.78 is 12.9. The Labute approximate surface area is 118 Å². The largest absolute Gasteiger partial charge is 0.398 e. The lowest BCUT2D eigenvalue weighted by molar-refractivity contribution is 0.627. The number of nitrogens with two attached hydrogens (primary N) is 1. The van der Waals surface area contributed by atoms with Crippen molar-refractivity contribution in [3.63, 3.8) is 0 Å². The summed E-state index contributed by atoms with van der Waals surface area (Å²) in [6.45, 7) is 4.42. The standard InChI is InChI=1S/C16H18FN3/c1-10-7-13(8-18)16(11(2)15(10)19)20-9-12-3-5-14(17)6-4-12/h3-8,18,20H,9,19H2,1-2H3. The summed E-state index contributed by atoms with van der Waals surface area (Å²) in [5.41, 5.74) is 11.3. The summed E-state index contributed by atoms with van der Waals surface area (Å²) in [7, 11) is 0. The normalized spacial score (nSPS) is 10.3. The van der Waals surface area contributed by atoms with Gasteiger partial charge in [-0.3, -0.25) is 0 Å². The van der Waals surface area contributed by atoms with Crippen LogP contribution in [0.25, 0.3) is 0 Å². The molecule has 4 N–H and O–H groups in total. The van der Waals surface area contributed by atoms with E-state index in [1.807, 2.05) is 19.9 Å². The van der Waals surface area contributed by atoms with Crippen molar-refractivity contribution in [2.75, 3.05) is 11.1 Å². The van der Waals surface area contributed by atoms with Gasteiger partial charge in [-0.05, 0) is 48.7 Å². The van der Waals surface area contributed by atoms with E-state index in [0.29, 0.717) is 6.54 Å². The minimum Gasteiger partial charge on any atom is -0.398 e. The molecule has 0 aliphatic rings. The Hall–Kier alpha value is -2.36. The third-order valence-electron chi connectivity index (χ3n) is 3.40. The first-order valence-electron chi connectivity index (χ1n) is 6.41. The van der Waals surface area contributed by atoms with Gasteiger partial charge in [0.05, 0.1) is 0 Å². The van der Waals surface area contributed by atoms with Gasteiger partial charge < -0.3 is 16.5 Å². The number of halogens is 1. The number of nitrogen functional groups attached to an aromatic ring is 1. The average Bonchev–Trinajstić information content (AvgIpc) is 2.45. The summed E-state index contributed by atoms with van der Waals surface area (Å²) in [4.78, 5) is 0. The Bertz CT molecular complexity index is 633. The molecule has 104 valence electrons. The average molecular weight is 271 g/mol. The molecule has 0 saturated heterocycles. The van der Waals surface area contributed by atoms with Crippen molar-refractivity contribution in [2.45, 2.75) is 20.4 Å². The molecule has 0 amide bonds. The van der Waals surface area contributed by atoms with Gasteiger partial charge in [-0.2, -0.15) is 0 Å². The summed E-state index contributed by atoms with van der Waals surface area (Å²) >= 11 is 0. The summed E-state index contributed by atoms with van der Waals surface area (Å²) in [5.74, 6) is -0.246. The molecule has 2 aromatic carbocycles. The van der Waals surface area contributed by atoms with E-state index in [1.165, 1.54) is 18.3 Å². The van der Waals surface area contributed by atoms with Gasteiger partial charge in [0.15, 0.2) is 0 Å². The van der Waals surface area contributed by atoms with Gasteiger partial charge in [0, 0.05) is 29.7 Å². The number of benzene rings is 2. The summed E-state index contributed by atoms with van der Waals surface area (Å²) in [6.07, 6.45) is 1.31. The molecule has 0 saturated carbocycles. The van der Waals surface area contributed by atoms with Gasteiger partial charge >= 0.3 is 0 Å². The van der Waals surface area contributed by atoms with Crippen molar-refractivity contribution in [3.8, 4) is 0 Å². The third kappa shape index (κ3) is 2.79. The molecule has 2 aromatic rings. The fraction of sp³-hybridized carbons (Fsp3) is 0.188. The van der Waals surface area contributed by atoms with E-state index in [-0.39, 0.29) is 5.82 Å². The van der Waals surface area contributed by atoms with Gasteiger partial charge in [0.1, 0.15) is 5.82 Å². The number of anilines is 2. The van der Waals surface area contributed by atoms with E-state index in [2.05, 4.69) is 5.32 Å². The molecule has 3 nitrogen and oxygen atoms in total. The summed E-state index contributed by atoms with van der Waals surface area (Å²) in [6, 6.07) is 8.23. The molecule has 0 fully saturated rings. The van der Waals surface area contributed by atoms with Crippen molar-refractivity contribution < 1.29 is 4.39 Å². The fourth-order valence-electron chi connectivity index (χ4n) is 2.17. The molecule has 2 rings (SSSR count). The lowest BCUT2D eigenvalue weighted by Crippen LogP contribution is -2.07. The smallest absolute Gasteiger partial charge is 0.123 e. The second-order valence-electron chi connectivity index (χ2n) is 4.82. The quantitative estimate of drug-likeness (QED) is 0.587. The van der Waals surface area contributed by atoms with E-state index in [4.69, 9.17) is 11.1 Å². The SMILES string of the molecule is Cc1cc(C=N)c(NCc2ccc(F)cc2)c(C)c1N. The topological polar surface area (TPSA) is 61.9 Å². The highest BCUT2D eigenvalue weighted by atomic mass is 19.1. The zero-order valence-electron chi connectivity index (χ0n) is 11.6. The lowest BCUT2D eigenvalue weighted by atomic mass is 10.0. The van der Waals surface area contributed by atoms with Crippen LogP contribution in [0.1, 0.15) is 22.3 Å². The first-order valence-corrected chi connectivity index (χ1v) is 6.41. The Kier molecular flexibility index (Phi) is 4.03. The molecule has 0 aromatic heterocycles. The minimum absolute atomic E-state index is 0.246. The van der Waals surface area contributed by atoms with Crippen molar-refractivity contribution in [3.05, 3.63) is 58.4 Å². The van der Waals surface area contributed by atoms with Crippen LogP contribution in [0.5, 0.6) is 0 Å². The van der Waals surface area contributed by atoms with E-state index in [0.717, 1.165) is 33.6 Å². The Balaban J connectivity index is 2.27. The molecule has 4 heteroatoms. The van der Waals surface area contributed by atoms with Crippen LogP contribution < -0.4 is 11.1 Å². The van der Waals surface area contributed by atoms with Crippen LogP contribution in [0.4, 0.5) is 15.8 Å². The predicted octanol–water partition coefficient (Wildman–Crippen LogP) is 3.63. The van der Waals surface area contributed by atoms with Gasteiger partial charge in [-0.15, -0.1) is 0 Å². The highest BCUT2D eigenvalue weighted by molar-refractivity contribution is 5.90. The summed E-state index contributed by atoms with van der Waals surface area (Å²) in [5, 5.41) is 10.8. The zero-order chi connectivity index (χ0) is 14.7. The zero-order valence-corrected chi connectivity index (χ0v) is 11.6. The molecule has 0 heterocycles. The second kappa shape index (κ2) is 5.74. The fourth-order valence-corrected chi connectivity index (χ4v) is 2.17. The Morgan fingerprint density at radius 1 is 1.25 bits per heavy atom. The van der Waals surface area contributed by atoms with Crippen LogP contribution in [-0.2, 0) is 6.54 Å². The molecule has 0 spiro atoms. The van der Waals surface area contributed by atoms with Crippen molar-refractivity contribution in [1.82, 2.24) is 0 Å². The number of hydrogen-bond acceptors (Lipinski definition) is 3. The van der Waals surface area contributed by atoms with Crippen LogP contribution >= 0.6 is 0 Å². The van der Waals surface area contributed by atoms with Crippen molar-refractivity contribution in [2.24, 2.45) is 0 Å². The van der Waals surface area contributed by atoms with Gasteiger partial charge in [0.25, 0.3) is 0 Å². The molecule has 0 atom stereocenters. The maximum absolute atomic E-state index is 12.9. The molecule has 20 heavy (non-hydrogen) atoms. The maximum Gasteiger partial charge on any atom is 0.123 e. The van der Waals surface area contributed by atoms with Crippen LogP contribution in [-0.4, -0.2) is 6.21 Å². The first kappa shape index (κ1) is 14.1. The Morgan fingerprint density at radius 3 is 2.50 bits per heavy atom. The van der Waals surface area contributed by atoms with Crippen LogP contribution in [0.2, 0.25) is 0 Å². The van der Waals surface area contributed by atoms with E-state index >= 15 is 0 Å². The molecule has 0 aliphatic carbocycles. The highest BCUT2D eigenvalue weighted by Gasteiger charge is 2.09. The molecular formula is C16H18FN3. The van der Waals surface area contributed by atoms with E-state index in [9.17, 15) is 4.39 Å². The maximum atomic E-state index is 12.9. The minimum atomic E-state index is -0.246. The second-order valence-corrected chi connectivity index (χ2v) is 4.82. The van der Waals surface area contributed by atoms with Gasteiger partial charge in [0.2, 0.25) is 0 Å². The molecule has 0 bridgehead atoms. The van der Waals surface area contributed by atoms with E-state index < -0.39 is 0 Å². The number of aryl methyl sites for hydroxylation is 1. The predicted molar refractivity (Wildman–Crippen MR) is 81.9 cm³/mol. The number of rotatable bonds is 4. The molecular weight excluding hydrogens is 253 g/mol. The molecule has 0 aliphatic heterocycles. The molecule has 0 unspecified atom stereocenters. The number of nitrogens with one attached hydrogen (secondary N) is 2. The van der Waals surface area contributed by atoms with Crippen LogP contribution in [0.15, 0.2) is 30.3 Å². The van der Waals surface area contributed by atoms with Crippen molar-refractivity contribution in [1.29, 1.82) is 5.41 Å². The van der Waals surface area contributed by atoms with Crippen LogP contribution in [0, 0.1) is 25.1 Å². The Morgan fingerprint density at radius 2 is 1.90 bits per heavy atom. The molecule has 0 radical (unpaired) electrons. The van der Waals surface area contributed by atoms with E-state index in [1.54, 1.807) is 12.1 Å². The lowest BCUT2D eigenvalue weighted by Gasteiger charge is -2.16. The van der Waals surface area contributed by atoms with Crippen molar-refractivity contribution >= 4 is 17.6 Å². The highest BCUT2D eigenvalue weighted by Crippen LogP contribution is 2.28. The van der Waals surface area contributed by atoms with Gasteiger partial charge in [-0.25, -0.2) is 4.39 Å². The van der Waals surface area contributed by atoms with Gasteiger partial charge in [-0.1, -0.05) is 12.1 Å². The number of hydrogen-bond donors (Lipinski definition) is 3. The first-order chi connectivity index (χ1) is 9.52. The van der Waals surface area contributed by atoms with Crippen LogP contribution in [0.3, 0.4) is 0 Å².